The van der Waals surface area contributed by atoms with E-state index in [0.29, 0.717) is 0 Å². The number of carboxylic acid groups (broad SMARTS) is 1. The number of halogens is 2. The van der Waals surface area contributed by atoms with Crippen molar-refractivity contribution < 1.29 is 14.3 Å². The van der Waals surface area contributed by atoms with E-state index in [0.717, 1.165) is 6.07 Å². The van der Waals surface area contributed by atoms with Crippen LogP contribution in [0.3, 0.4) is 0 Å². The average molecular weight is 257 g/mol. The van der Waals surface area contributed by atoms with Crippen LogP contribution in [0.2, 0.25) is 5.02 Å². The molecule has 0 spiro atoms. The van der Waals surface area contributed by atoms with Crippen molar-refractivity contribution in [2.75, 3.05) is 0 Å². The molecule has 0 radical (unpaired) electrons. The van der Waals surface area contributed by atoms with Gasteiger partial charge in [-0.05, 0) is 18.2 Å². The highest BCUT2D eigenvalue weighted by Gasteiger charge is 2.20. The van der Waals surface area contributed by atoms with Gasteiger partial charge in [0, 0.05) is 10.6 Å². The number of hydrogen-bond acceptors (Lipinski definition) is 2. The first-order valence-electron chi connectivity index (χ1n) is 4.50. The first kappa shape index (κ1) is 11.4. The molecule has 0 aliphatic rings. The molecule has 0 atom stereocenters. The Morgan fingerprint density at radius 3 is 2.71 bits per heavy atom. The summed E-state index contributed by atoms with van der Waals surface area (Å²) in [6.07, 6.45) is 0. The zero-order valence-corrected chi connectivity index (χ0v) is 9.01. The predicted octanol–water partition coefficient (Wildman–Crippen LogP) is 1.86. The Balaban J connectivity index is 2.76. The van der Waals surface area contributed by atoms with Crippen molar-refractivity contribution in [2.45, 2.75) is 0 Å². The molecule has 1 aromatic heterocycles. The molecule has 17 heavy (non-hydrogen) atoms. The third kappa shape index (κ3) is 1.94. The van der Waals surface area contributed by atoms with E-state index in [1.165, 1.54) is 12.1 Å². The number of hydrogen-bond donors (Lipinski definition) is 3. The van der Waals surface area contributed by atoms with E-state index in [4.69, 9.17) is 16.7 Å². The normalized spacial score (nSPS) is 10.5. The smallest absolute Gasteiger partial charge is 0.354 e. The molecule has 0 amide bonds. The molecule has 3 N–H and O–H groups in total. The van der Waals surface area contributed by atoms with Crippen LogP contribution in [0.1, 0.15) is 10.5 Å². The lowest BCUT2D eigenvalue weighted by Crippen LogP contribution is -2.06. The van der Waals surface area contributed by atoms with Gasteiger partial charge in [0.2, 0.25) is 0 Å². The average Bonchev–Trinajstić information content (AvgIpc) is 2.64. The van der Waals surface area contributed by atoms with Crippen LogP contribution in [0.15, 0.2) is 23.0 Å². The zero-order valence-electron chi connectivity index (χ0n) is 8.25. The van der Waals surface area contributed by atoms with E-state index in [1.54, 1.807) is 0 Å². The van der Waals surface area contributed by atoms with Crippen LogP contribution in [0.5, 0.6) is 0 Å². The van der Waals surface area contributed by atoms with Gasteiger partial charge in [-0.3, -0.25) is 15.0 Å². The lowest BCUT2D eigenvalue weighted by atomic mass is 10.1. The van der Waals surface area contributed by atoms with Crippen molar-refractivity contribution in [1.82, 2.24) is 10.2 Å². The molecule has 1 aromatic carbocycles. The molecular formula is C10H6ClFN2O3. The van der Waals surface area contributed by atoms with Crippen LogP contribution >= 0.6 is 11.6 Å². The maximum Gasteiger partial charge on any atom is 0.354 e. The van der Waals surface area contributed by atoms with E-state index in [9.17, 15) is 14.0 Å². The summed E-state index contributed by atoms with van der Waals surface area (Å²) < 4.78 is 13.5. The van der Waals surface area contributed by atoms with Gasteiger partial charge in [0.25, 0.3) is 5.56 Å². The SMILES string of the molecule is O=C(O)c1[nH][nH]c(=O)c1-c1cc(Cl)ccc1F. The summed E-state index contributed by atoms with van der Waals surface area (Å²) in [5.74, 6) is -2.08. The molecule has 0 aliphatic heterocycles. The van der Waals surface area contributed by atoms with E-state index >= 15 is 0 Å². The summed E-state index contributed by atoms with van der Waals surface area (Å²) >= 11 is 5.68. The Labute approximate surface area is 98.8 Å². The number of rotatable bonds is 2. The first-order valence-corrected chi connectivity index (χ1v) is 4.88. The van der Waals surface area contributed by atoms with E-state index in [1.807, 2.05) is 0 Å². The van der Waals surface area contributed by atoms with Gasteiger partial charge in [0.05, 0.1) is 5.56 Å². The largest absolute Gasteiger partial charge is 0.477 e. The predicted molar refractivity (Wildman–Crippen MR) is 58.8 cm³/mol. The Hall–Kier alpha value is -2.08. The molecular weight excluding hydrogens is 251 g/mol. The quantitative estimate of drug-likeness (QED) is 0.766. The van der Waals surface area contributed by atoms with Gasteiger partial charge >= 0.3 is 5.97 Å². The Morgan fingerprint density at radius 1 is 1.35 bits per heavy atom. The molecule has 0 bridgehead atoms. The number of H-pyrrole nitrogens is 2. The third-order valence-electron chi connectivity index (χ3n) is 2.19. The maximum atomic E-state index is 13.5. The van der Waals surface area contributed by atoms with Gasteiger partial charge in [0.1, 0.15) is 5.82 Å². The molecule has 0 aliphatic carbocycles. The summed E-state index contributed by atoms with van der Waals surface area (Å²) in [5, 5.41) is 13.3. The minimum atomic E-state index is -1.36. The second kappa shape index (κ2) is 4.06. The maximum absolute atomic E-state index is 13.5. The summed E-state index contributed by atoms with van der Waals surface area (Å²) in [5.41, 5.74) is -1.56. The van der Waals surface area contributed by atoms with E-state index in [-0.39, 0.29) is 16.1 Å². The highest BCUT2D eigenvalue weighted by Crippen LogP contribution is 2.25. The van der Waals surface area contributed by atoms with Crippen LogP contribution in [-0.2, 0) is 0 Å². The van der Waals surface area contributed by atoms with Gasteiger partial charge in [-0.25, -0.2) is 9.18 Å². The van der Waals surface area contributed by atoms with Crippen LogP contribution in [0, 0.1) is 5.82 Å². The van der Waals surface area contributed by atoms with Crippen molar-refractivity contribution in [1.29, 1.82) is 0 Å². The highest BCUT2D eigenvalue weighted by atomic mass is 35.5. The van der Waals surface area contributed by atoms with Crippen LogP contribution in [-0.4, -0.2) is 21.3 Å². The number of aromatic nitrogens is 2. The lowest BCUT2D eigenvalue weighted by molar-refractivity contribution is 0.0691. The van der Waals surface area contributed by atoms with Crippen molar-refractivity contribution >= 4 is 17.6 Å². The molecule has 0 unspecified atom stereocenters. The van der Waals surface area contributed by atoms with Crippen molar-refractivity contribution in [3.8, 4) is 11.1 Å². The monoisotopic (exact) mass is 256 g/mol. The van der Waals surface area contributed by atoms with Crippen LogP contribution in [0.25, 0.3) is 11.1 Å². The summed E-state index contributed by atoms with van der Waals surface area (Å²) in [6.45, 7) is 0. The Morgan fingerprint density at radius 2 is 2.06 bits per heavy atom. The van der Waals surface area contributed by atoms with Crippen LogP contribution in [0.4, 0.5) is 4.39 Å². The molecule has 0 fully saturated rings. The molecule has 0 saturated heterocycles. The molecule has 88 valence electrons. The Kier molecular flexibility index (Phi) is 2.72. The fraction of sp³-hybridized carbons (Fsp3) is 0. The number of aromatic carboxylic acids is 1. The van der Waals surface area contributed by atoms with Crippen molar-refractivity contribution in [2.24, 2.45) is 0 Å². The summed E-state index contributed by atoms with van der Waals surface area (Å²) in [6, 6.07) is 3.57. The highest BCUT2D eigenvalue weighted by molar-refractivity contribution is 6.30. The molecule has 5 nitrogen and oxygen atoms in total. The molecule has 2 aromatic rings. The molecule has 0 saturated carbocycles. The molecule has 2 rings (SSSR count). The van der Waals surface area contributed by atoms with Crippen LogP contribution < -0.4 is 5.56 Å². The van der Waals surface area contributed by atoms with Gasteiger partial charge in [0.15, 0.2) is 5.69 Å². The molecule has 7 heteroatoms. The molecule has 1 heterocycles. The summed E-state index contributed by atoms with van der Waals surface area (Å²) in [4.78, 5) is 22.3. The first-order chi connectivity index (χ1) is 8.00. The van der Waals surface area contributed by atoms with Gasteiger partial charge in [-0.15, -0.1) is 0 Å². The summed E-state index contributed by atoms with van der Waals surface area (Å²) in [7, 11) is 0. The van der Waals surface area contributed by atoms with E-state index < -0.39 is 23.0 Å². The van der Waals surface area contributed by atoms with Crippen molar-refractivity contribution in [3.05, 3.63) is 45.1 Å². The number of nitrogens with one attached hydrogen (secondary N) is 2. The minimum Gasteiger partial charge on any atom is -0.477 e. The number of aromatic amines is 2. The number of benzene rings is 1. The Bertz CT molecular complexity index is 647. The number of carboxylic acids is 1. The number of carbonyl (C=O) groups is 1. The third-order valence-corrected chi connectivity index (χ3v) is 2.42. The fourth-order valence-electron chi connectivity index (χ4n) is 1.46. The van der Waals surface area contributed by atoms with Gasteiger partial charge < -0.3 is 5.11 Å². The van der Waals surface area contributed by atoms with Crippen molar-refractivity contribution in [3.63, 3.8) is 0 Å². The minimum absolute atomic E-state index is 0.155. The van der Waals surface area contributed by atoms with Gasteiger partial charge in [-0.1, -0.05) is 11.6 Å². The zero-order chi connectivity index (χ0) is 12.6. The van der Waals surface area contributed by atoms with Gasteiger partial charge in [-0.2, -0.15) is 0 Å². The van der Waals surface area contributed by atoms with E-state index in [2.05, 4.69) is 10.2 Å². The standard InChI is InChI=1S/C10H6ClFN2O3/c11-4-1-2-6(12)5(3-4)7-8(10(16)17)13-14-9(7)15/h1-3H,(H,16,17)(H2,13,14,15). The topological polar surface area (TPSA) is 85.9 Å². The lowest BCUT2D eigenvalue weighted by Gasteiger charge is -2.01. The second-order valence-electron chi connectivity index (χ2n) is 3.26. The second-order valence-corrected chi connectivity index (χ2v) is 3.69. The fourth-order valence-corrected chi connectivity index (χ4v) is 1.64.